The van der Waals surface area contributed by atoms with E-state index in [0.717, 1.165) is 6.07 Å². The Labute approximate surface area is 181 Å². The number of amides is 1. The van der Waals surface area contributed by atoms with Crippen LogP contribution in [0.2, 0.25) is 0 Å². The molecule has 0 aliphatic carbocycles. The third kappa shape index (κ3) is 4.95. The van der Waals surface area contributed by atoms with Gasteiger partial charge in [-0.2, -0.15) is 18.3 Å². The van der Waals surface area contributed by atoms with Gasteiger partial charge in [0.2, 0.25) is 5.91 Å². The zero-order valence-corrected chi connectivity index (χ0v) is 17.7. The van der Waals surface area contributed by atoms with Crippen LogP contribution in [0.4, 0.5) is 13.2 Å². The van der Waals surface area contributed by atoms with Crippen LogP contribution in [0.15, 0.2) is 42.0 Å². The van der Waals surface area contributed by atoms with Gasteiger partial charge in [-0.1, -0.05) is 6.07 Å². The Kier molecular flexibility index (Phi) is 6.08. The molecular weight excluding hydrogens is 427 g/mol. The topological polar surface area (TPSA) is 63.9 Å². The molecule has 164 valence electrons. The van der Waals surface area contributed by atoms with Gasteiger partial charge in [-0.05, 0) is 43.3 Å². The lowest BCUT2D eigenvalue weighted by atomic mass is 9.96. The first-order valence-electron chi connectivity index (χ1n) is 10.1. The Bertz CT molecular complexity index is 1020. The van der Waals surface area contributed by atoms with Gasteiger partial charge in [-0.3, -0.25) is 9.48 Å². The second-order valence-corrected chi connectivity index (χ2v) is 8.64. The lowest BCUT2D eigenvalue weighted by Gasteiger charge is -2.33. The van der Waals surface area contributed by atoms with E-state index < -0.39 is 11.9 Å². The highest BCUT2D eigenvalue weighted by atomic mass is 32.1. The molecule has 31 heavy (non-hydrogen) atoms. The summed E-state index contributed by atoms with van der Waals surface area (Å²) in [5.74, 6) is -0.229. The number of carbonyl (C=O) groups excluding carboxylic acids is 1. The van der Waals surface area contributed by atoms with E-state index in [0.29, 0.717) is 30.8 Å². The SMILES string of the molecule is C[C@H](CC(=O)N1CCC[C@H](c2nc(-c3cccs3)cc(C(F)(F)F)n2)C1)n1cccn1. The maximum absolute atomic E-state index is 13.5. The van der Waals surface area contributed by atoms with Crippen molar-refractivity contribution in [2.75, 3.05) is 13.1 Å². The fourth-order valence-corrected chi connectivity index (χ4v) is 4.46. The Balaban J connectivity index is 1.55. The number of hydrogen-bond donors (Lipinski definition) is 0. The predicted molar refractivity (Wildman–Crippen MR) is 110 cm³/mol. The number of aromatic nitrogens is 4. The number of alkyl halides is 3. The number of hydrogen-bond acceptors (Lipinski definition) is 5. The third-order valence-corrected chi connectivity index (χ3v) is 6.29. The van der Waals surface area contributed by atoms with Crippen LogP contribution in [-0.2, 0) is 11.0 Å². The smallest absolute Gasteiger partial charge is 0.342 e. The van der Waals surface area contributed by atoms with Gasteiger partial charge in [-0.15, -0.1) is 11.3 Å². The zero-order valence-electron chi connectivity index (χ0n) is 16.9. The van der Waals surface area contributed by atoms with E-state index in [4.69, 9.17) is 0 Å². The van der Waals surface area contributed by atoms with Gasteiger partial charge in [-0.25, -0.2) is 9.97 Å². The Morgan fingerprint density at radius 2 is 2.16 bits per heavy atom. The number of rotatable bonds is 5. The van der Waals surface area contributed by atoms with Crippen molar-refractivity contribution in [3.63, 3.8) is 0 Å². The van der Waals surface area contributed by atoms with Crippen LogP contribution < -0.4 is 0 Å². The van der Waals surface area contributed by atoms with Gasteiger partial charge in [0.25, 0.3) is 0 Å². The summed E-state index contributed by atoms with van der Waals surface area (Å²) in [6, 6.07) is 6.21. The second-order valence-electron chi connectivity index (χ2n) is 7.69. The maximum atomic E-state index is 13.5. The number of nitrogens with zero attached hydrogens (tertiary/aromatic N) is 5. The van der Waals surface area contributed by atoms with Crippen LogP contribution in [0.3, 0.4) is 0 Å². The summed E-state index contributed by atoms with van der Waals surface area (Å²) in [6.07, 6.45) is 0.517. The molecule has 0 bridgehead atoms. The monoisotopic (exact) mass is 449 g/mol. The predicted octanol–water partition coefficient (Wildman–Crippen LogP) is 4.78. The second kappa shape index (κ2) is 8.78. The van der Waals surface area contributed by atoms with E-state index in [1.165, 1.54) is 11.3 Å². The number of thiophene rings is 1. The molecule has 10 heteroatoms. The Hall–Kier alpha value is -2.75. The molecule has 4 heterocycles. The standard InChI is InChI=1S/C21H22F3N5OS/c1-14(29-9-4-7-25-29)11-19(30)28-8-2-5-15(13-28)20-26-16(17-6-3-10-31-17)12-18(27-20)21(22,23)24/h3-4,6-7,9-10,12,14-15H,2,5,8,11,13H2,1H3/t14-,15+/m1/s1. The number of piperidine rings is 1. The van der Waals surface area contributed by atoms with E-state index in [1.54, 1.807) is 45.6 Å². The van der Waals surface area contributed by atoms with Crippen molar-refractivity contribution in [3.05, 3.63) is 53.6 Å². The summed E-state index contributed by atoms with van der Waals surface area (Å²) in [6.45, 7) is 2.81. The number of likely N-dealkylation sites (tertiary alicyclic amines) is 1. The minimum absolute atomic E-state index is 0.0434. The summed E-state index contributed by atoms with van der Waals surface area (Å²) >= 11 is 1.33. The van der Waals surface area contributed by atoms with Gasteiger partial charge in [0.15, 0.2) is 0 Å². The fourth-order valence-electron chi connectivity index (χ4n) is 3.78. The molecule has 0 saturated carbocycles. The molecule has 6 nitrogen and oxygen atoms in total. The highest BCUT2D eigenvalue weighted by Gasteiger charge is 2.35. The van der Waals surface area contributed by atoms with Crippen molar-refractivity contribution in [1.82, 2.24) is 24.6 Å². The zero-order chi connectivity index (χ0) is 22.0. The molecule has 1 aliphatic rings. The van der Waals surface area contributed by atoms with Crippen molar-refractivity contribution in [2.24, 2.45) is 0 Å². The van der Waals surface area contributed by atoms with Crippen molar-refractivity contribution >= 4 is 17.2 Å². The number of halogens is 3. The minimum atomic E-state index is -4.56. The Morgan fingerprint density at radius 1 is 1.32 bits per heavy atom. The quantitative estimate of drug-likeness (QED) is 0.563. The average Bonchev–Trinajstić information content (AvgIpc) is 3.47. The lowest BCUT2D eigenvalue weighted by Crippen LogP contribution is -2.40. The summed E-state index contributed by atoms with van der Waals surface area (Å²) in [7, 11) is 0. The molecule has 3 aromatic rings. The molecule has 0 radical (unpaired) electrons. The molecule has 3 aromatic heterocycles. The third-order valence-electron chi connectivity index (χ3n) is 5.39. The summed E-state index contributed by atoms with van der Waals surface area (Å²) < 4.78 is 42.2. The van der Waals surface area contributed by atoms with E-state index in [1.807, 2.05) is 6.92 Å². The van der Waals surface area contributed by atoms with E-state index in [9.17, 15) is 18.0 Å². The van der Waals surface area contributed by atoms with Crippen molar-refractivity contribution in [2.45, 2.75) is 44.3 Å². The van der Waals surface area contributed by atoms with Crippen molar-refractivity contribution < 1.29 is 18.0 Å². The van der Waals surface area contributed by atoms with Crippen LogP contribution in [0.5, 0.6) is 0 Å². The summed E-state index contributed by atoms with van der Waals surface area (Å²) in [5.41, 5.74) is -0.681. The van der Waals surface area contributed by atoms with Gasteiger partial charge in [0, 0.05) is 37.8 Å². The van der Waals surface area contributed by atoms with Gasteiger partial charge >= 0.3 is 6.18 Å². The van der Waals surface area contributed by atoms with E-state index in [2.05, 4.69) is 15.1 Å². The molecule has 1 aliphatic heterocycles. The minimum Gasteiger partial charge on any atom is -0.342 e. The number of carbonyl (C=O) groups is 1. The van der Waals surface area contributed by atoms with Crippen molar-refractivity contribution in [1.29, 1.82) is 0 Å². The maximum Gasteiger partial charge on any atom is 0.433 e. The molecule has 0 unspecified atom stereocenters. The van der Waals surface area contributed by atoms with Crippen molar-refractivity contribution in [3.8, 4) is 10.6 Å². The Morgan fingerprint density at radius 3 is 2.84 bits per heavy atom. The first-order chi connectivity index (χ1) is 14.8. The average molecular weight is 450 g/mol. The molecule has 1 amide bonds. The normalized spacial score (nSPS) is 18.2. The van der Waals surface area contributed by atoms with Gasteiger partial charge in [0.1, 0.15) is 11.5 Å². The molecule has 0 spiro atoms. The first kappa shape index (κ1) is 21.5. The fraction of sp³-hybridized carbons (Fsp3) is 0.429. The highest BCUT2D eigenvalue weighted by Crippen LogP contribution is 2.34. The van der Waals surface area contributed by atoms with Gasteiger partial charge < -0.3 is 4.90 Å². The van der Waals surface area contributed by atoms with Gasteiger partial charge in [0.05, 0.1) is 16.6 Å². The van der Waals surface area contributed by atoms with Crippen LogP contribution in [0.1, 0.15) is 49.7 Å². The molecule has 1 fully saturated rings. The highest BCUT2D eigenvalue weighted by molar-refractivity contribution is 7.13. The molecule has 4 rings (SSSR count). The van der Waals surface area contributed by atoms with Crippen LogP contribution >= 0.6 is 11.3 Å². The van der Waals surface area contributed by atoms with Crippen LogP contribution in [0.25, 0.3) is 10.6 Å². The molecule has 1 saturated heterocycles. The molecule has 0 N–H and O–H groups in total. The van der Waals surface area contributed by atoms with Crippen LogP contribution in [0, 0.1) is 0 Å². The van der Waals surface area contributed by atoms with E-state index in [-0.39, 0.29) is 35.8 Å². The molecular formula is C21H22F3N5OS. The summed E-state index contributed by atoms with van der Waals surface area (Å²) in [4.78, 5) is 23.5. The molecule has 0 aromatic carbocycles. The first-order valence-corrected chi connectivity index (χ1v) is 11.0. The van der Waals surface area contributed by atoms with Crippen LogP contribution in [-0.4, -0.2) is 43.6 Å². The molecule has 2 atom stereocenters. The lowest BCUT2D eigenvalue weighted by molar-refractivity contribution is -0.141. The summed E-state index contributed by atoms with van der Waals surface area (Å²) in [5, 5.41) is 5.96. The van der Waals surface area contributed by atoms with E-state index >= 15 is 0 Å². The largest absolute Gasteiger partial charge is 0.433 e.